The summed E-state index contributed by atoms with van der Waals surface area (Å²) < 4.78 is 13.9. The van der Waals surface area contributed by atoms with Crippen LogP contribution in [0.1, 0.15) is 58.3 Å². The first-order chi connectivity index (χ1) is 16.6. The van der Waals surface area contributed by atoms with E-state index in [0.29, 0.717) is 37.3 Å². The molecule has 0 aromatic heterocycles. The summed E-state index contributed by atoms with van der Waals surface area (Å²) in [5.74, 6) is 1.32. The van der Waals surface area contributed by atoms with Gasteiger partial charge >= 0.3 is 0 Å². The molecule has 9 unspecified atom stereocenters. The molecule has 198 valence electrons. The maximum atomic E-state index is 13.9. The molecule has 10 heteroatoms. The largest absolute Gasteiger partial charge is 0.356 e. The minimum absolute atomic E-state index is 0.00809. The van der Waals surface area contributed by atoms with Gasteiger partial charge in [-0.3, -0.25) is 25.2 Å². The summed E-state index contributed by atoms with van der Waals surface area (Å²) >= 11 is 12.6. The number of hydrogen-bond acceptors (Lipinski definition) is 4. The topological polar surface area (TPSA) is 88.5 Å². The van der Waals surface area contributed by atoms with E-state index in [4.69, 9.17) is 28.6 Å². The summed E-state index contributed by atoms with van der Waals surface area (Å²) in [6.45, 7) is 3.50. The quantitative estimate of drug-likeness (QED) is 0.361. The van der Waals surface area contributed by atoms with Gasteiger partial charge in [-0.15, -0.1) is 23.2 Å². The van der Waals surface area contributed by atoms with Gasteiger partial charge in [-0.1, -0.05) is 0 Å². The van der Waals surface area contributed by atoms with Crippen LogP contribution < -0.4 is 10.6 Å². The Balaban J connectivity index is 1.40. The Hall–Kier alpha value is -1.12. The highest BCUT2D eigenvalue weighted by atomic mass is 35.5. The molecule has 4 fully saturated rings. The number of likely N-dealkylation sites (N-methyl/N-ethyl adjacent to an activating group) is 1. The maximum absolute atomic E-state index is 13.9. The standard InChI is InChI=1S/C25H40Cl2FN5O2/c1-14-19(4-6-22(28)31-14)17-7-16(12-33-13-23(34)32(2)25(33)29)8-18(10-17)24(35)30-11-15-3-5-20(26)21(27)9-15/h14-22,29,31H,3-13H2,1-2H3,(H,30,35). The van der Waals surface area contributed by atoms with E-state index in [-0.39, 0.29) is 53.0 Å². The molecule has 0 radical (unpaired) electrons. The number of guanidine groups is 1. The average molecular weight is 533 g/mol. The summed E-state index contributed by atoms with van der Waals surface area (Å²) in [5.41, 5.74) is 0. The lowest BCUT2D eigenvalue weighted by Gasteiger charge is -2.44. The van der Waals surface area contributed by atoms with E-state index in [0.717, 1.165) is 44.9 Å². The molecule has 0 bridgehead atoms. The molecule has 2 aliphatic carbocycles. The SMILES string of the molecule is CC1NC(F)CCC1C1CC(CN2CC(=O)N(C)C2=N)CC(C(=O)NCC2CCC(Cl)C(Cl)C2)C1. The summed E-state index contributed by atoms with van der Waals surface area (Å²) in [6, 6.07) is 0.0652. The van der Waals surface area contributed by atoms with E-state index in [2.05, 4.69) is 17.6 Å². The molecule has 2 aliphatic heterocycles. The van der Waals surface area contributed by atoms with Crippen LogP contribution in [-0.4, -0.2) is 77.3 Å². The molecule has 0 aromatic rings. The molecule has 35 heavy (non-hydrogen) atoms. The van der Waals surface area contributed by atoms with Gasteiger partial charge in [-0.25, -0.2) is 4.39 Å². The van der Waals surface area contributed by atoms with Gasteiger partial charge in [0.25, 0.3) is 0 Å². The molecule has 0 aromatic carbocycles. The van der Waals surface area contributed by atoms with Gasteiger partial charge in [0.05, 0.1) is 5.38 Å². The Labute approximate surface area is 218 Å². The number of rotatable bonds is 6. The number of hydrogen-bond donors (Lipinski definition) is 3. The normalized spacial score (nSPS) is 40.8. The van der Waals surface area contributed by atoms with E-state index >= 15 is 0 Å². The summed E-state index contributed by atoms with van der Waals surface area (Å²) in [7, 11) is 1.64. The highest BCUT2D eigenvalue weighted by Gasteiger charge is 2.42. The van der Waals surface area contributed by atoms with Crippen molar-refractivity contribution < 1.29 is 14.0 Å². The van der Waals surface area contributed by atoms with Crippen LogP contribution in [-0.2, 0) is 9.59 Å². The van der Waals surface area contributed by atoms with E-state index in [1.807, 2.05) is 4.90 Å². The first-order valence-electron chi connectivity index (χ1n) is 13.2. The minimum atomic E-state index is -0.958. The number of carbonyl (C=O) groups is 2. The molecule has 7 nitrogen and oxygen atoms in total. The van der Waals surface area contributed by atoms with Crippen molar-refractivity contribution in [3.05, 3.63) is 0 Å². The number of nitrogens with one attached hydrogen (secondary N) is 3. The Kier molecular flexibility index (Phi) is 8.86. The third kappa shape index (κ3) is 6.42. The van der Waals surface area contributed by atoms with Crippen LogP contribution in [0.5, 0.6) is 0 Å². The lowest BCUT2D eigenvalue weighted by molar-refractivity contribution is -0.128. The van der Waals surface area contributed by atoms with Crippen LogP contribution in [0.4, 0.5) is 4.39 Å². The highest BCUT2D eigenvalue weighted by Crippen LogP contribution is 2.42. The van der Waals surface area contributed by atoms with Crippen molar-refractivity contribution in [1.29, 1.82) is 5.41 Å². The van der Waals surface area contributed by atoms with Crippen LogP contribution in [0, 0.1) is 35.0 Å². The zero-order chi connectivity index (χ0) is 25.3. The van der Waals surface area contributed by atoms with Gasteiger partial charge in [0, 0.05) is 37.5 Å². The molecular formula is C25H40Cl2FN5O2. The lowest BCUT2D eigenvalue weighted by atomic mass is 9.66. The number of halogens is 3. The predicted molar refractivity (Wildman–Crippen MR) is 136 cm³/mol. The number of carbonyl (C=O) groups excluding carboxylic acids is 2. The van der Waals surface area contributed by atoms with Crippen molar-refractivity contribution in [1.82, 2.24) is 20.4 Å². The Bertz CT molecular complexity index is 804. The molecule has 9 atom stereocenters. The van der Waals surface area contributed by atoms with Gasteiger partial charge in [-0.05, 0) is 82.0 Å². The predicted octanol–water partition coefficient (Wildman–Crippen LogP) is 3.54. The van der Waals surface area contributed by atoms with E-state index in [9.17, 15) is 14.0 Å². The van der Waals surface area contributed by atoms with Gasteiger partial charge < -0.3 is 10.2 Å². The summed E-state index contributed by atoms with van der Waals surface area (Å²) in [5, 5.41) is 14.5. The monoisotopic (exact) mass is 531 g/mol. The van der Waals surface area contributed by atoms with Gasteiger partial charge in [0.2, 0.25) is 17.8 Å². The zero-order valence-corrected chi connectivity index (χ0v) is 22.3. The van der Waals surface area contributed by atoms with Gasteiger partial charge in [0.1, 0.15) is 6.54 Å². The molecular weight excluding hydrogens is 492 g/mol. The molecule has 2 heterocycles. The Morgan fingerprint density at radius 3 is 2.54 bits per heavy atom. The van der Waals surface area contributed by atoms with Crippen LogP contribution in [0.3, 0.4) is 0 Å². The maximum Gasteiger partial charge on any atom is 0.248 e. The fourth-order valence-electron chi connectivity index (χ4n) is 6.79. The first-order valence-corrected chi connectivity index (χ1v) is 14.1. The van der Waals surface area contributed by atoms with Gasteiger partial charge in [-0.2, -0.15) is 0 Å². The zero-order valence-electron chi connectivity index (χ0n) is 20.8. The molecule has 0 spiro atoms. The smallest absolute Gasteiger partial charge is 0.248 e. The second kappa shape index (κ2) is 11.5. The molecule has 3 N–H and O–H groups in total. The molecule has 2 amide bonds. The Morgan fingerprint density at radius 2 is 1.89 bits per heavy atom. The van der Waals surface area contributed by atoms with Gasteiger partial charge in [0.15, 0.2) is 6.30 Å². The van der Waals surface area contributed by atoms with E-state index < -0.39 is 6.30 Å². The molecule has 2 saturated heterocycles. The molecule has 4 aliphatic rings. The first kappa shape index (κ1) is 26.9. The lowest BCUT2D eigenvalue weighted by Crippen LogP contribution is -2.49. The number of piperidine rings is 1. The minimum Gasteiger partial charge on any atom is -0.356 e. The highest BCUT2D eigenvalue weighted by molar-refractivity contribution is 6.30. The van der Waals surface area contributed by atoms with Crippen molar-refractivity contribution >= 4 is 41.0 Å². The number of nitrogens with zero attached hydrogens (tertiary/aromatic N) is 2. The van der Waals surface area contributed by atoms with Crippen molar-refractivity contribution in [2.45, 2.75) is 81.4 Å². The fraction of sp³-hybridized carbons (Fsp3) is 0.880. The third-order valence-electron chi connectivity index (χ3n) is 8.82. The third-order valence-corrected chi connectivity index (χ3v) is 9.95. The number of alkyl halides is 3. The van der Waals surface area contributed by atoms with Crippen molar-refractivity contribution in [3.63, 3.8) is 0 Å². The average Bonchev–Trinajstić information content (AvgIpc) is 3.05. The summed E-state index contributed by atoms with van der Waals surface area (Å²) in [4.78, 5) is 28.6. The van der Waals surface area contributed by atoms with Crippen molar-refractivity contribution in [3.8, 4) is 0 Å². The second-order valence-electron chi connectivity index (χ2n) is 11.3. The van der Waals surface area contributed by atoms with Crippen LogP contribution in [0.25, 0.3) is 0 Å². The molecule has 2 saturated carbocycles. The van der Waals surface area contributed by atoms with Crippen LogP contribution >= 0.6 is 23.2 Å². The van der Waals surface area contributed by atoms with E-state index in [1.165, 1.54) is 4.90 Å². The van der Waals surface area contributed by atoms with Crippen LogP contribution in [0.15, 0.2) is 0 Å². The second-order valence-corrected chi connectivity index (χ2v) is 12.4. The fourth-order valence-corrected chi connectivity index (χ4v) is 7.40. The Morgan fingerprint density at radius 1 is 1.11 bits per heavy atom. The molecule has 4 rings (SSSR count). The van der Waals surface area contributed by atoms with E-state index in [1.54, 1.807) is 7.05 Å². The van der Waals surface area contributed by atoms with Crippen LogP contribution in [0.2, 0.25) is 0 Å². The van der Waals surface area contributed by atoms with Crippen molar-refractivity contribution in [2.75, 3.05) is 26.7 Å². The summed E-state index contributed by atoms with van der Waals surface area (Å²) in [6.07, 6.45) is 5.53. The number of amides is 2. The van der Waals surface area contributed by atoms with Crippen molar-refractivity contribution in [2.24, 2.45) is 29.6 Å².